The first-order valence-corrected chi connectivity index (χ1v) is 9.78. The number of carbonyl (C=O) groups excluding carboxylic acids is 2. The summed E-state index contributed by atoms with van der Waals surface area (Å²) in [4.78, 5) is 30.9. The summed E-state index contributed by atoms with van der Waals surface area (Å²) in [6.07, 6.45) is 2.07. The van der Waals surface area contributed by atoms with Gasteiger partial charge < -0.3 is 19.3 Å². The second kappa shape index (κ2) is 8.09. The van der Waals surface area contributed by atoms with Gasteiger partial charge in [0.25, 0.3) is 0 Å². The van der Waals surface area contributed by atoms with E-state index in [1.54, 1.807) is 19.0 Å². The van der Waals surface area contributed by atoms with Crippen molar-refractivity contribution in [1.29, 1.82) is 0 Å². The summed E-state index contributed by atoms with van der Waals surface area (Å²) in [7, 11) is 3.43. The smallest absolute Gasteiger partial charge is 0.320 e. The largest absolute Gasteiger partial charge is 0.348 e. The van der Waals surface area contributed by atoms with E-state index >= 15 is 0 Å². The second-order valence-electron chi connectivity index (χ2n) is 7.93. The SMILES string of the molecule is Cc1cccc(C2c3cccn3CCN2C(=O)CN(C(=O)N(C)C)C(C)C)c1. The van der Waals surface area contributed by atoms with Gasteiger partial charge in [-0.05, 0) is 38.5 Å². The first-order valence-electron chi connectivity index (χ1n) is 9.78. The molecule has 0 N–H and O–H groups in total. The molecule has 0 bridgehead atoms. The molecule has 6 nitrogen and oxygen atoms in total. The molecule has 1 aliphatic rings. The number of carbonyl (C=O) groups is 2. The monoisotopic (exact) mass is 382 g/mol. The summed E-state index contributed by atoms with van der Waals surface area (Å²) >= 11 is 0. The minimum absolute atomic E-state index is 0.0251. The van der Waals surface area contributed by atoms with E-state index in [4.69, 9.17) is 0 Å². The van der Waals surface area contributed by atoms with Gasteiger partial charge in [0.05, 0.1) is 6.04 Å². The summed E-state index contributed by atoms with van der Waals surface area (Å²) in [6.45, 7) is 7.41. The number of amides is 3. The van der Waals surface area contributed by atoms with Crippen molar-refractivity contribution in [2.75, 3.05) is 27.2 Å². The van der Waals surface area contributed by atoms with Gasteiger partial charge in [-0.1, -0.05) is 29.8 Å². The lowest BCUT2D eigenvalue weighted by molar-refractivity contribution is -0.135. The number of nitrogens with zero attached hydrogens (tertiary/aromatic N) is 4. The number of urea groups is 1. The molecule has 28 heavy (non-hydrogen) atoms. The Morgan fingerprint density at radius 3 is 2.54 bits per heavy atom. The molecular formula is C22H30N4O2. The minimum Gasteiger partial charge on any atom is -0.348 e. The van der Waals surface area contributed by atoms with Gasteiger partial charge in [0.15, 0.2) is 0 Å². The molecular weight excluding hydrogens is 352 g/mol. The van der Waals surface area contributed by atoms with Gasteiger partial charge in [-0.15, -0.1) is 0 Å². The Bertz CT molecular complexity index is 856. The zero-order valence-corrected chi connectivity index (χ0v) is 17.4. The van der Waals surface area contributed by atoms with Crippen LogP contribution < -0.4 is 0 Å². The number of hydrogen-bond donors (Lipinski definition) is 0. The maximum Gasteiger partial charge on any atom is 0.320 e. The molecule has 2 heterocycles. The molecule has 0 fully saturated rings. The van der Waals surface area contributed by atoms with Crippen LogP contribution in [-0.4, -0.2) is 64.4 Å². The number of rotatable bonds is 4. The second-order valence-corrected chi connectivity index (χ2v) is 7.93. The number of benzene rings is 1. The van der Waals surface area contributed by atoms with Crippen LogP contribution in [0.4, 0.5) is 4.79 Å². The molecule has 0 saturated carbocycles. The number of aromatic nitrogens is 1. The fourth-order valence-electron chi connectivity index (χ4n) is 3.81. The van der Waals surface area contributed by atoms with Crippen LogP contribution in [0, 0.1) is 6.92 Å². The summed E-state index contributed by atoms with van der Waals surface area (Å²) in [6, 6.07) is 12.1. The van der Waals surface area contributed by atoms with Gasteiger partial charge in [-0.3, -0.25) is 4.79 Å². The molecule has 1 aliphatic heterocycles. The highest BCUT2D eigenvalue weighted by Crippen LogP contribution is 2.33. The molecule has 3 amide bonds. The average Bonchev–Trinajstić information content (AvgIpc) is 3.12. The van der Waals surface area contributed by atoms with Gasteiger partial charge in [-0.2, -0.15) is 0 Å². The minimum atomic E-state index is -0.143. The number of fused-ring (bicyclic) bond motifs is 1. The predicted molar refractivity (Wildman–Crippen MR) is 110 cm³/mol. The van der Waals surface area contributed by atoms with Gasteiger partial charge >= 0.3 is 6.03 Å². The van der Waals surface area contributed by atoms with Crippen LogP contribution in [0.25, 0.3) is 0 Å². The van der Waals surface area contributed by atoms with E-state index in [0.717, 1.165) is 17.8 Å². The molecule has 6 heteroatoms. The van der Waals surface area contributed by atoms with E-state index in [2.05, 4.69) is 42.0 Å². The van der Waals surface area contributed by atoms with E-state index in [-0.39, 0.29) is 30.6 Å². The third kappa shape index (κ3) is 3.91. The van der Waals surface area contributed by atoms with Crippen molar-refractivity contribution in [3.8, 4) is 0 Å². The third-order valence-corrected chi connectivity index (χ3v) is 5.27. The number of aryl methyl sites for hydroxylation is 1. The molecule has 0 aliphatic carbocycles. The van der Waals surface area contributed by atoms with Crippen LogP contribution >= 0.6 is 0 Å². The Labute approximate surface area is 167 Å². The molecule has 3 rings (SSSR count). The number of hydrogen-bond acceptors (Lipinski definition) is 2. The van der Waals surface area contributed by atoms with Crippen molar-refractivity contribution in [1.82, 2.24) is 19.3 Å². The molecule has 0 spiro atoms. The first-order chi connectivity index (χ1) is 13.3. The lowest BCUT2D eigenvalue weighted by Gasteiger charge is -2.39. The normalized spacial score (nSPS) is 16.1. The van der Waals surface area contributed by atoms with E-state index in [1.807, 2.05) is 30.9 Å². The third-order valence-electron chi connectivity index (χ3n) is 5.27. The van der Waals surface area contributed by atoms with Gasteiger partial charge in [0.1, 0.15) is 6.54 Å². The Kier molecular flexibility index (Phi) is 5.77. The highest BCUT2D eigenvalue weighted by Gasteiger charge is 2.34. The highest BCUT2D eigenvalue weighted by molar-refractivity contribution is 5.85. The Morgan fingerprint density at radius 2 is 1.89 bits per heavy atom. The van der Waals surface area contributed by atoms with Crippen molar-refractivity contribution >= 4 is 11.9 Å². The zero-order chi connectivity index (χ0) is 20.4. The fraction of sp³-hybridized carbons (Fsp3) is 0.455. The molecule has 1 atom stereocenters. The van der Waals surface area contributed by atoms with Crippen molar-refractivity contribution in [3.05, 3.63) is 59.4 Å². The van der Waals surface area contributed by atoms with Gasteiger partial charge in [0, 0.05) is 45.1 Å². The average molecular weight is 383 g/mol. The van der Waals surface area contributed by atoms with Crippen molar-refractivity contribution in [3.63, 3.8) is 0 Å². The van der Waals surface area contributed by atoms with Crippen molar-refractivity contribution < 1.29 is 9.59 Å². The molecule has 150 valence electrons. The summed E-state index contributed by atoms with van der Waals surface area (Å²) in [5.74, 6) is -0.0251. The molecule has 1 unspecified atom stereocenters. The summed E-state index contributed by atoms with van der Waals surface area (Å²) in [5, 5.41) is 0. The van der Waals surface area contributed by atoms with Crippen LogP contribution in [0.5, 0.6) is 0 Å². The predicted octanol–water partition coefficient (Wildman–Crippen LogP) is 3.12. The van der Waals surface area contributed by atoms with Crippen molar-refractivity contribution in [2.24, 2.45) is 0 Å². The van der Waals surface area contributed by atoms with Gasteiger partial charge in [0.2, 0.25) is 5.91 Å². The van der Waals surface area contributed by atoms with Crippen molar-refractivity contribution in [2.45, 2.75) is 39.4 Å². The van der Waals surface area contributed by atoms with Crippen LogP contribution in [0.15, 0.2) is 42.6 Å². The molecule has 2 aromatic rings. The van der Waals surface area contributed by atoms with Crippen LogP contribution in [0.2, 0.25) is 0 Å². The Morgan fingerprint density at radius 1 is 1.14 bits per heavy atom. The Balaban J connectivity index is 1.92. The molecule has 1 aromatic carbocycles. The highest BCUT2D eigenvalue weighted by atomic mass is 16.2. The molecule has 1 aromatic heterocycles. The lowest BCUT2D eigenvalue weighted by atomic mass is 9.98. The topological polar surface area (TPSA) is 48.8 Å². The fourth-order valence-corrected chi connectivity index (χ4v) is 3.81. The van der Waals surface area contributed by atoms with E-state index < -0.39 is 0 Å². The van der Waals surface area contributed by atoms with Crippen LogP contribution in [-0.2, 0) is 11.3 Å². The summed E-state index contributed by atoms with van der Waals surface area (Å²) in [5.41, 5.74) is 3.38. The Hall–Kier alpha value is -2.76. The van der Waals surface area contributed by atoms with Gasteiger partial charge in [-0.25, -0.2) is 4.79 Å². The lowest BCUT2D eigenvalue weighted by Crippen LogP contribution is -2.51. The van der Waals surface area contributed by atoms with E-state index in [1.165, 1.54) is 10.5 Å². The van der Waals surface area contributed by atoms with E-state index in [9.17, 15) is 9.59 Å². The standard InChI is InChI=1S/C22H30N4O2/c1-16(2)26(22(28)23(4)5)15-20(27)25-13-12-24-11-7-10-19(24)21(25)18-9-6-8-17(3)14-18/h6-11,14,16,21H,12-13,15H2,1-5H3. The zero-order valence-electron chi connectivity index (χ0n) is 17.4. The van der Waals surface area contributed by atoms with E-state index in [0.29, 0.717) is 6.54 Å². The van der Waals surface area contributed by atoms with Crippen LogP contribution in [0.1, 0.15) is 36.7 Å². The summed E-state index contributed by atoms with van der Waals surface area (Å²) < 4.78 is 2.21. The first kappa shape index (κ1) is 20.0. The maximum atomic E-state index is 13.3. The molecule has 0 radical (unpaired) electrons. The maximum absolute atomic E-state index is 13.3. The molecule has 0 saturated heterocycles. The quantitative estimate of drug-likeness (QED) is 0.816. The van der Waals surface area contributed by atoms with Crippen LogP contribution in [0.3, 0.4) is 0 Å².